The molecule has 1 saturated carbocycles. The van der Waals surface area contributed by atoms with Crippen molar-refractivity contribution in [2.45, 2.75) is 89.7 Å². The van der Waals surface area contributed by atoms with Crippen LogP contribution in [0.3, 0.4) is 0 Å². The number of hydrogen-bond acceptors (Lipinski definition) is 5. The standard InChI is InChI=1S/C28H54FN5O2/c1-5-22-20-31-28(32-21-22)33-14-11-23(12-15-33)8-6-17-36-25-10-9-24(26(29)19-25)18-27(35)30-13-7-16-34(2,3)4/h22-26,28,31-32H,5-21H2,1-4H3/p+1. The van der Waals surface area contributed by atoms with E-state index in [0.29, 0.717) is 25.7 Å². The Balaban J connectivity index is 1.21. The van der Waals surface area contributed by atoms with Gasteiger partial charge in [-0.1, -0.05) is 13.3 Å². The molecule has 36 heavy (non-hydrogen) atoms. The Morgan fingerprint density at radius 3 is 2.42 bits per heavy atom. The van der Waals surface area contributed by atoms with Gasteiger partial charge >= 0.3 is 0 Å². The van der Waals surface area contributed by atoms with Crippen molar-refractivity contribution in [3.05, 3.63) is 0 Å². The number of ether oxygens (including phenoxy) is 1. The minimum Gasteiger partial charge on any atom is -0.378 e. The van der Waals surface area contributed by atoms with Crippen LogP contribution in [0.1, 0.15) is 71.1 Å². The predicted octanol–water partition coefficient (Wildman–Crippen LogP) is 3.11. The highest BCUT2D eigenvalue weighted by Gasteiger charge is 2.32. The average Bonchev–Trinajstić information content (AvgIpc) is 2.86. The number of halogens is 1. The summed E-state index contributed by atoms with van der Waals surface area (Å²) in [6.45, 7) is 9.25. The number of rotatable bonds is 13. The van der Waals surface area contributed by atoms with Crippen LogP contribution in [0.15, 0.2) is 0 Å². The Morgan fingerprint density at radius 1 is 1.06 bits per heavy atom. The van der Waals surface area contributed by atoms with Gasteiger partial charge in [-0.05, 0) is 56.3 Å². The van der Waals surface area contributed by atoms with E-state index in [1.54, 1.807) is 0 Å². The molecule has 2 aliphatic heterocycles. The van der Waals surface area contributed by atoms with Gasteiger partial charge in [0.15, 0.2) is 0 Å². The van der Waals surface area contributed by atoms with Crippen molar-refractivity contribution in [2.75, 3.05) is 67.0 Å². The van der Waals surface area contributed by atoms with E-state index in [-0.39, 0.29) is 17.9 Å². The number of quaternary nitrogens is 1. The second-order valence-corrected chi connectivity index (χ2v) is 12.6. The molecule has 3 rings (SSSR count). The minimum atomic E-state index is -0.931. The third kappa shape index (κ3) is 10.5. The third-order valence-electron chi connectivity index (χ3n) is 8.54. The van der Waals surface area contributed by atoms with Crippen LogP contribution < -0.4 is 16.0 Å². The molecule has 3 fully saturated rings. The van der Waals surface area contributed by atoms with Crippen LogP contribution in [0.4, 0.5) is 4.39 Å². The van der Waals surface area contributed by atoms with Gasteiger partial charge in [0.25, 0.3) is 0 Å². The van der Waals surface area contributed by atoms with E-state index in [1.165, 1.54) is 25.7 Å². The van der Waals surface area contributed by atoms with Crippen molar-refractivity contribution in [2.24, 2.45) is 17.8 Å². The van der Waals surface area contributed by atoms with Crippen LogP contribution in [0.2, 0.25) is 0 Å². The molecular weight excluding hydrogens is 457 g/mol. The number of carbonyl (C=O) groups is 1. The Kier molecular flexibility index (Phi) is 12.4. The molecule has 0 spiro atoms. The molecule has 8 heteroatoms. The highest BCUT2D eigenvalue weighted by Crippen LogP contribution is 2.31. The Labute approximate surface area is 219 Å². The first kappa shape index (κ1) is 29.8. The van der Waals surface area contributed by atoms with Crippen molar-refractivity contribution < 1.29 is 18.4 Å². The Bertz CT molecular complexity index is 630. The van der Waals surface area contributed by atoms with E-state index in [4.69, 9.17) is 4.74 Å². The first-order valence-corrected chi connectivity index (χ1v) is 14.8. The van der Waals surface area contributed by atoms with Crippen molar-refractivity contribution in [1.82, 2.24) is 20.9 Å². The van der Waals surface area contributed by atoms with Crippen molar-refractivity contribution >= 4 is 5.91 Å². The lowest BCUT2D eigenvalue weighted by atomic mass is 9.83. The zero-order valence-electron chi connectivity index (χ0n) is 23.6. The van der Waals surface area contributed by atoms with Gasteiger partial charge in [-0.25, -0.2) is 4.39 Å². The van der Waals surface area contributed by atoms with Crippen LogP contribution in [0.25, 0.3) is 0 Å². The first-order chi connectivity index (χ1) is 17.2. The van der Waals surface area contributed by atoms with Gasteiger partial charge in [-0.3, -0.25) is 20.3 Å². The number of likely N-dealkylation sites (tertiary alicyclic amines) is 1. The molecule has 3 aliphatic rings. The summed E-state index contributed by atoms with van der Waals surface area (Å²) in [5.74, 6) is 1.38. The molecule has 0 aromatic carbocycles. The lowest BCUT2D eigenvalue weighted by Gasteiger charge is -2.41. The molecule has 210 valence electrons. The van der Waals surface area contributed by atoms with Crippen LogP contribution in [-0.2, 0) is 9.53 Å². The van der Waals surface area contributed by atoms with Gasteiger partial charge in [0.1, 0.15) is 12.5 Å². The molecule has 1 amide bonds. The van der Waals surface area contributed by atoms with Crippen molar-refractivity contribution in [1.29, 1.82) is 0 Å². The van der Waals surface area contributed by atoms with Gasteiger partial charge in [0.2, 0.25) is 5.91 Å². The number of alkyl halides is 1. The van der Waals surface area contributed by atoms with E-state index >= 15 is 0 Å². The normalized spacial score (nSPS) is 30.9. The summed E-state index contributed by atoms with van der Waals surface area (Å²) < 4.78 is 21.7. The number of hydrogen-bond donors (Lipinski definition) is 3. The lowest BCUT2D eigenvalue weighted by molar-refractivity contribution is -0.870. The highest BCUT2D eigenvalue weighted by molar-refractivity contribution is 5.76. The summed E-state index contributed by atoms with van der Waals surface area (Å²) >= 11 is 0. The molecule has 1 aliphatic carbocycles. The maximum Gasteiger partial charge on any atom is 0.220 e. The van der Waals surface area contributed by atoms with Crippen LogP contribution >= 0.6 is 0 Å². The fraction of sp³-hybridized carbons (Fsp3) is 0.964. The fourth-order valence-corrected chi connectivity index (χ4v) is 5.98. The van der Waals surface area contributed by atoms with Gasteiger partial charge in [-0.2, -0.15) is 0 Å². The maximum absolute atomic E-state index is 14.8. The van der Waals surface area contributed by atoms with Gasteiger partial charge in [0.05, 0.1) is 33.8 Å². The van der Waals surface area contributed by atoms with Crippen LogP contribution in [0.5, 0.6) is 0 Å². The van der Waals surface area contributed by atoms with E-state index in [2.05, 4.69) is 48.9 Å². The van der Waals surface area contributed by atoms with E-state index < -0.39 is 6.17 Å². The molecule has 0 aromatic heterocycles. The van der Waals surface area contributed by atoms with E-state index in [1.807, 2.05) is 0 Å². The third-order valence-corrected chi connectivity index (χ3v) is 8.54. The number of carbonyl (C=O) groups excluding carboxylic acids is 1. The molecule has 0 aromatic rings. The molecule has 3 atom stereocenters. The monoisotopic (exact) mass is 512 g/mol. The number of nitrogens with zero attached hydrogens (tertiary/aromatic N) is 2. The maximum atomic E-state index is 14.8. The fourth-order valence-electron chi connectivity index (χ4n) is 5.98. The molecule has 3 unspecified atom stereocenters. The average molecular weight is 513 g/mol. The molecular formula is C28H55FN5O2+. The summed E-state index contributed by atoms with van der Waals surface area (Å²) in [7, 11) is 6.44. The summed E-state index contributed by atoms with van der Waals surface area (Å²) in [6.07, 6.45) is 8.77. The second kappa shape index (κ2) is 15.0. The first-order valence-electron chi connectivity index (χ1n) is 14.8. The molecule has 7 nitrogen and oxygen atoms in total. The predicted molar refractivity (Wildman–Crippen MR) is 144 cm³/mol. The second-order valence-electron chi connectivity index (χ2n) is 12.6. The smallest absolute Gasteiger partial charge is 0.220 e. The molecule has 0 radical (unpaired) electrons. The Hall–Kier alpha value is -0.800. The van der Waals surface area contributed by atoms with Crippen LogP contribution in [0, 0.1) is 17.8 Å². The van der Waals surface area contributed by atoms with E-state index in [9.17, 15) is 9.18 Å². The molecule has 2 heterocycles. The van der Waals surface area contributed by atoms with Gasteiger partial charge < -0.3 is 14.5 Å². The SMILES string of the molecule is CCC1CNC(N2CCC(CCCOC3CCC(CC(=O)NCCC[N+](C)(C)C)C(F)C3)CC2)NC1. The van der Waals surface area contributed by atoms with Gasteiger partial charge in [-0.15, -0.1) is 0 Å². The molecule has 3 N–H and O–H groups in total. The Morgan fingerprint density at radius 2 is 1.78 bits per heavy atom. The minimum absolute atomic E-state index is 0.00493. The molecule has 2 saturated heterocycles. The number of amides is 1. The van der Waals surface area contributed by atoms with Crippen molar-refractivity contribution in [3.63, 3.8) is 0 Å². The lowest BCUT2D eigenvalue weighted by Crippen LogP contribution is -2.62. The summed E-state index contributed by atoms with van der Waals surface area (Å²) in [4.78, 5) is 14.8. The zero-order chi connectivity index (χ0) is 26.0. The summed E-state index contributed by atoms with van der Waals surface area (Å²) in [5.41, 5.74) is 0. The van der Waals surface area contributed by atoms with E-state index in [0.717, 1.165) is 81.3 Å². The number of piperidine rings is 1. The highest BCUT2D eigenvalue weighted by atomic mass is 19.1. The largest absolute Gasteiger partial charge is 0.378 e. The quantitative estimate of drug-likeness (QED) is 0.261. The summed E-state index contributed by atoms with van der Waals surface area (Å²) in [5, 5.41) is 10.3. The van der Waals surface area contributed by atoms with Crippen LogP contribution in [-0.4, -0.2) is 101 Å². The molecule has 0 bridgehead atoms. The topological polar surface area (TPSA) is 65.6 Å². The van der Waals surface area contributed by atoms with Gasteiger partial charge in [0, 0.05) is 58.6 Å². The van der Waals surface area contributed by atoms with Crippen molar-refractivity contribution in [3.8, 4) is 0 Å². The zero-order valence-corrected chi connectivity index (χ0v) is 23.6. The summed E-state index contributed by atoms with van der Waals surface area (Å²) in [6, 6.07) is 0. The number of nitrogens with one attached hydrogen (secondary N) is 3.